The molecule has 2 amide bonds. The molecule has 2 aliphatic heterocycles. The number of fused-ring (bicyclic) bond motifs is 2. The number of halogens is 1. The predicted octanol–water partition coefficient (Wildman–Crippen LogP) is 0.780. The first kappa shape index (κ1) is 27.4. The van der Waals surface area contributed by atoms with E-state index in [1.54, 1.807) is 6.20 Å². The third-order valence-corrected chi connectivity index (χ3v) is 8.57. The molecule has 1 unspecified atom stereocenters. The lowest BCUT2D eigenvalue weighted by molar-refractivity contribution is -0.687. The standard InChI is InChI=1S/C23H20ClN7O7S2/c1-9(21(34)35)38-29-14(13-17(24)40-23(25)28-13)18(32)27-15-19(33)31-16(22(36)37)11(8-39-20(15)31)7-30-5-3-12-10(6-30)2-4-26-12/h2-6,9,15,20H,7-8H2,1H3,(H5,25,27,28,32,34,35,36,37)/p+1/b29-14-/t9-,15+,20?/m0/s1. The van der Waals surface area contributed by atoms with Crippen molar-refractivity contribution in [1.82, 2.24) is 20.2 Å². The molecule has 6 N–H and O–H groups in total. The van der Waals surface area contributed by atoms with Gasteiger partial charge in [0.05, 0.1) is 10.9 Å². The van der Waals surface area contributed by atoms with Gasteiger partial charge in [-0.25, -0.2) is 19.1 Å². The average molecular weight is 607 g/mol. The number of hydrogen-bond acceptors (Lipinski definition) is 10. The highest BCUT2D eigenvalue weighted by Crippen LogP contribution is 2.40. The summed E-state index contributed by atoms with van der Waals surface area (Å²) < 4.78 is 1.84. The van der Waals surface area contributed by atoms with E-state index in [9.17, 15) is 24.3 Å². The Kier molecular flexibility index (Phi) is 7.39. The fraction of sp³-hybridized carbons (Fsp3) is 0.261. The number of aromatic amines is 1. The zero-order chi connectivity index (χ0) is 28.7. The van der Waals surface area contributed by atoms with Crippen LogP contribution in [-0.2, 0) is 30.6 Å². The Morgan fingerprint density at radius 3 is 2.85 bits per heavy atom. The normalized spacial score (nSPS) is 19.7. The lowest BCUT2D eigenvalue weighted by atomic mass is 10.0. The van der Waals surface area contributed by atoms with E-state index >= 15 is 0 Å². The number of anilines is 1. The number of hydrogen-bond donors (Lipinski definition) is 5. The number of thiazole rings is 1. The van der Waals surface area contributed by atoms with Crippen LogP contribution in [0.3, 0.4) is 0 Å². The van der Waals surface area contributed by atoms with Crippen LogP contribution in [0.4, 0.5) is 5.13 Å². The summed E-state index contributed by atoms with van der Waals surface area (Å²) in [7, 11) is 0. The van der Waals surface area contributed by atoms with Gasteiger partial charge in [0.15, 0.2) is 29.8 Å². The second-order valence-corrected chi connectivity index (χ2v) is 11.5. The first-order valence-electron chi connectivity index (χ1n) is 11.6. The number of rotatable bonds is 9. The van der Waals surface area contributed by atoms with Crippen molar-refractivity contribution < 1.29 is 38.8 Å². The molecule has 3 atom stereocenters. The van der Waals surface area contributed by atoms with E-state index in [0.29, 0.717) is 11.3 Å². The molecular formula is C23H21ClN7O7S2+. The van der Waals surface area contributed by atoms with Crippen LogP contribution in [0.15, 0.2) is 47.1 Å². The Labute approximate surface area is 238 Å². The highest BCUT2D eigenvalue weighted by molar-refractivity contribution is 8.00. The van der Waals surface area contributed by atoms with Crippen LogP contribution in [0.2, 0.25) is 4.34 Å². The van der Waals surface area contributed by atoms with Gasteiger partial charge >= 0.3 is 11.9 Å². The number of nitrogens with zero attached hydrogens (tertiary/aromatic N) is 4. The maximum atomic E-state index is 13.2. The van der Waals surface area contributed by atoms with Gasteiger partial charge in [-0.3, -0.25) is 14.5 Å². The minimum atomic E-state index is -1.40. The molecule has 3 aromatic heterocycles. The van der Waals surface area contributed by atoms with Crippen molar-refractivity contribution in [1.29, 1.82) is 0 Å². The summed E-state index contributed by atoms with van der Waals surface area (Å²) in [6, 6.07) is 2.68. The number of carbonyl (C=O) groups excluding carboxylic acids is 2. The van der Waals surface area contributed by atoms with Gasteiger partial charge in [-0.2, -0.15) is 0 Å². The van der Waals surface area contributed by atoms with Crippen LogP contribution in [0.5, 0.6) is 0 Å². The van der Waals surface area contributed by atoms with Crippen LogP contribution in [0.25, 0.3) is 10.9 Å². The van der Waals surface area contributed by atoms with E-state index in [2.05, 4.69) is 20.4 Å². The quantitative estimate of drug-likeness (QED) is 0.100. The van der Waals surface area contributed by atoms with Crippen LogP contribution in [0, 0.1) is 0 Å². The number of nitrogens with one attached hydrogen (secondary N) is 2. The van der Waals surface area contributed by atoms with Crippen molar-refractivity contribution in [3.05, 3.63) is 52.0 Å². The summed E-state index contributed by atoms with van der Waals surface area (Å²) in [5, 5.41) is 25.5. The van der Waals surface area contributed by atoms with E-state index in [-0.39, 0.29) is 27.4 Å². The molecular weight excluding hydrogens is 586 g/mol. The number of carboxylic acid groups (broad SMARTS) is 2. The first-order valence-corrected chi connectivity index (χ1v) is 13.8. The molecule has 0 saturated carbocycles. The van der Waals surface area contributed by atoms with Crippen molar-refractivity contribution in [2.75, 3.05) is 11.5 Å². The molecule has 40 heavy (non-hydrogen) atoms. The maximum Gasteiger partial charge on any atom is 0.352 e. The number of nitrogens with two attached hydrogens (primary N) is 1. The zero-order valence-corrected chi connectivity index (χ0v) is 22.9. The van der Waals surface area contributed by atoms with Gasteiger partial charge in [0.2, 0.25) is 6.10 Å². The minimum Gasteiger partial charge on any atom is -0.478 e. The summed E-state index contributed by atoms with van der Waals surface area (Å²) in [5.41, 5.74) is 6.38. The Bertz CT molecular complexity index is 1620. The van der Waals surface area contributed by atoms with Crippen molar-refractivity contribution >= 4 is 80.2 Å². The molecule has 5 rings (SSSR count). The Hall–Kier alpha value is -4.15. The summed E-state index contributed by atoms with van der Waals surface area (Å²) in [6.07, 6.45) is 4.09. The van der Waals surface area contributed by atoms with E-state index in [1.807, 2.05) is 29.1 Å². The lowest BCUT2D eigenvalue weighted by Crippen LogP contribution is -2.71. The van der Waals surface area contributed by atoms with Crippen LogP contribution >= 0.6 is 34.7 Å². The Morgan fingerprint density at radius 2 is 2.17 bits per heavy atom. The number of β-lactam (4-membered cyclic amide) rings is 1. The third kappa shape index (κ3) is 5.07. The summed E-state index contributed by atoms with van der Waals surface area (Å²) in [4.78, 5) is 62.9. The van der Waals surface area contributed by atoms with E-state index in [0.717, 1.165) is 27.1 Å². The zero-order valence-electron chi connectivity index (χ0n) is 20.5. The van der Waals surface area contributed by atoms with Crippen molar-refractivity contribution in [3.63, 3.8) is 0 Å². The van der Waals surface area contributed by atoms with E-state index in [4.69, 9.17) is 27.3 Å². The molecule has 5 heterocycles. The number of amides is 2. The fourth-order valence-corrected chi connectivity index (χ4v) is 6.47. The van der Waals surface area contributed by atoms with Crippen LogP contribution in [-0.4, -0.2) is 77.8 Å². The van der Waals surface area contributed by atoms with Crippen molar-refractivity contribution in [2.24, 2.45) is 5.16 Å². The Balaban J connectivity index is 1.37. The smallest absolute Gasteiger partial charge is 0.352 e. The molecule has 1 fully saturated rings. The molecule has 1 saturated heterocycles. The molecule has 208 valence electrons. The first-order chi connectivity index (χ1) is 19.0. The van der Waals surface area contributed by atoms with Crippen LogP contribution < -0.4 is 15.6 Å². The van der Waals surface area contributed by atoms with Gasteiger partial charge in [-0.05, 0) is 13.0 Å². The molecule has 0 aromatic carbocycles. The molecule has 3 aromatic rings. The number of pyridine rings is 1. The molecule has 2 aliphatic rings. The van der Waals surface area contributed by atoms with Gasteiger partial charge < -0.3 is 31.1 Å². The van der Waals surface area contributed by atoms with E-state index in [1.165, 1.54) is 18.7 Å². The largest absolute Gasteiger partial charge is 0.478 e. The Morgan fingerprint density at radius 1 is 1.40 bits per heavy atom. The number of carbonyl (C=O) groups is 4. The molecule has 0 radical (unpaired) electrons. The number of H-pyrrole nitrogens is 1. The highest BCUT2D eigenvalue weighted by atomic mass is 35.5. The number of thioether (sulfide) groups is 1. The molecule has 0 aliphatic carbocycles. The molecule has 14 nitrogen and oxygen atoms in total. The minimum absolute atomic E-state index is 0.00245. The van der Waals surface area contributed by atoms with Gasteiger partial charge in [-0.1, -0.05) is 28.1 Å². The van der Waals surface area contributed by atoms with Gasteiger partial charge in [-0.15, -0.1) is 11.8 Å². The number of nitrogen functional groups attached to an aromatic ring is 1. The maximum absolute atomic E-state index is 13.2. The second kappa shape index (κ2) is 10.8. The topological polar surface area (TPSA) is 204 Å². The SMILES string of the molecule is C[C@H](O/N=C(\C(=O)N[C@@H]1C(=O)N2C(C(=O)O)=C(C[n+]3ccc4[nH]ccc4c3)CSC12)c1nc(N)sc1Cl)C(=O)O. The number of oxime groups is 1. The van der Waals surface area contributed by atoms with E-state index < -0.39 is 47.0 Å². The predicted molar refractivity (Wildman–Crippen MR) is 144 cm³/mol. The van der Waals surface area contributed by atoms with Gasteiger partial charge in [0, 0.05) is 23.6 Å². The third-order valence-electron chi connectivity index (χ3n) is 6.15. The average Bonchev–Trinajstić information content (AvgIpc) is 3.51. The summed E-state index contributed by atoms with van der Waals surface area (Å²) in [6.45, 7) is 1.46. The highest BCUT2D eigenvalue weighted by Gasteiger charge is 2.55. The van der Waals surface area contributed by atoms with Crippen molar-refractivity contribution in [2.45, 2.75) is 31.0 Å². The number of carboxylic acids is 2. The van der Waals surface area contributed by atoms with Crippen LogP contribution in [0.1, 0.15) is 12.6 Å². The fourth-order valence-electron chi connectivity index (χ4n) is 4.21. The number of aliphatic carboxylic acids is 2. The molecule has 0 bridgehead atoms. The summed E-state index contributed by atoms with van der Waals surface area (Å²) in [5.74, 6) is -3.84. The van der Waals surface area contributed by atoms with Gasteiger partial charge in [0.1, 0.15) is 27.1 Å². The lowest BCUT2D eigenvalue weighted by Gasteiger charge is -2.49. The second-order valence-electron chi connectivity index (χ2n) is 8.78. The summed E-state index contributed by atoms with van der Waals surface area (Å²) >= 11 is 8.30. The monoisotopic (exact) mass is 606 g/mol. The number of aromatic nitrogens is 3. The van der Waals surface area contributed by atoms with Crippen molar-refractivity contribution in [3.8, 4) is 0 Å². The van der Waals surface area contributed by atoms with Gasteiger partial charge in [0.25, 0.3) is 11.8 Å². The molecule has 0 spiro atoms. The molecule has 17 heteroatoms.